The van der Waals surface area contributed by atoms with Crippen molar-refractivity contribution >= 4 is 11.6 Å². The van der Waals surface area contributed by atoms with Gasteiger partial charge in [-0.05, 0) is 19.9 Å². The van der Waals surface area contributed by atoms with Crippen molar-refractivity contribution in [3.8, 4) is 5.75 Å². The van der Waals surface area contributed by atoms with Gasteiger partial charge >= 0.3 is 0 Å². The number of methoxy groups -OCH3 is 1. The molecule has 0 fully saturated rings. The summed E-state index contributed by atoms with van der Waals surface area (Å²) in [4.78, 5) is 8.46. The Morgan fingerprint density at radius 3 is 2.90 bits per heavy atom. The topological polar surface area (TPSA) is 64.3 Å². The third-order valence-corrected chi connectivity index (χ3v) is 3.35. The van der Waals surface area contributed by atoms with Crippen molar-refractivity contribution in [1.29, 1.82) is 0 Å². The van der Waals surface area contributed by atoms with E-state index >= 15 is 0 Å². The zero-order valence-electron chi connectivity index (χ0n) is 12.2. The summed E-state index contributed by atoms with van der Waals surface area (Å²) in [6.45, 7) is 4.02. The van der Waals surface area contributed by atoms with E-state index in [4.69, 9.17) is 4.74 Å². The lowest BCUT2D eigenvalue weighted by atomic mass is 10.1. The van der Waals surface area contributed by atoms with Crippen molar-refractivity contribution in [2.45, 2.75) is 19.9 Å². The molecule has 1 atom stereocenters. The monoisotopic (exact) mass is 283 g/mol. The maximum atomic E-state index is 5.41. The first-order valence-electron chi connectivity index (χ1n) is 6.76. The minimum absolute atomic E-state index is 0.0651. The number of rotatable bonds is 4. The summed E-state index contributed by atoms with van der Waals surface area (Å²) in [5, 5.41) is 7.64. The van der Waals surface area contributed by atoms with E-state index < -0.39 is 0 Å². The van der Waals surface area contributed by atoms with Crippen LogP contribution in [0.15, 0.2) is 36.7 Å². The molecule has 0 radical (unpaired) electrons. The number of nitrogens with one attached hydrogen (secondary N) is 1. The first-order valence-corrected chi connectivity index (χ1v) is 6.76. The van der Waals surface area contributed by atoms with Crippen LogP contribution in [-0.4, -0.2) is 26.7 Å². The van der Waals surface area contributed by atoms with Gasteiger partial charge in [0, 0.05) is 17.3 Å². The molecule has 0 spiro atoms. The molecule has 0 aliphatic rings. The third kappa shape index (κ3) is 2.52. The maximum absolute atomic E-state index is 5.41. The summed E-state index contributed by atoms with van der Waals surface area (Å²) in [6, 6.07) is 9.98. The summed E-state index contributed by atoms with van der Waals surface area (Å²) >= 11 is 0. The Morgan fingerprint density at radius 2 is 2.10 bits per heavy atom. The maximum Gasteiger partial charge on any atom is 0.254 e. The molecule has 6 heteroatoms. The second kappa shape index (κ2) is 5.40. The molecule has 3 rings (SSSR count). The van der Waals surface area contributed by atoms with Gasteiger partial charge in [-0.15, -0.1) is 0 Å². The van der Waals surface area contributed by atoms with Crippen LogP contribution >= 0.6 is 0 Å². The number of hydrogen-bond acceptors (Lipinski definition) is 5. The summed E-state index contributed by atoms with van der Waals surface area (Å²) < 4.78 is 7.11. The van der Waals surface area contributed by atoms with Gasteiger partial charge in [0.1, 0.15) is 17.9 Å². The van der Waals surface area contributed by atoms with Crippen molar-refractivity contribution < 1.29 is 4.74 Å². The van der Waals surface area contributed by atoms with Crippen molar-refractivity contribution in [3.05, 3.63) is 47.9 Å². The highest BCUT2D eigenvalue weighted by molar-refractivity contribution is 5.48. The van der Waals surface area contributed by atoms with E-state index in [1.807, 2.05) is 37.3 Å². The van der Waals surface area contributed by atoms with E-state index in [0.29, 0.717) is 5.78 Å². The first kappa shape index (κ1) is 13.4. The number of hydrogen-bond donors (Lipinski definition) is 1. The lowest BCUT2D eigenvalue weighted by molar-refractivity contribution is 0.408. The Morgan fingerprint density at radius 1 is 1.29 bits per heavy atom. The highest BCUT2D eigenvalue weighted by Crippen LogP contribution is 2.27. The van der Waals surface area contributed by atoms with Gasteiger partial charge in [0.25, 0.3) is 5.78 Å². The van der Waals surface area contributed by atoms with Crippen LogP contribution in [0.5, 0.6) is 5.75 Å². The van der Waals surface area contributed by atoms with Gasteiger partial charge in [-0.25, -0.2) is 4.98 Å². The highest BCUT2D eigenvalue weighted by Gasteiger charge is 2.13. The van der Waals surface area contributed by atoms with Crippen LogP contribution in [-0.2, 0) is 0 Å². The molecule has 2 aromatic heterocycles. The van der Waals surface area contributed by atoms with E-state index in [1.165, 1.54) is 6.33 Å². The largest absolute Gasteiger partial charge is 0.496 e. The van der Waals surface area contributed by atoms with Gasteiger partial charge in [0.05, 0.1) is 13.2 Å². The molecule has 2 heterocycles. The number of para-hydroxylation sites is 1. The Bertz CT molecular complexity index is 768. The Kier molecular flexibility index (Phi) is 3.43. The molecule has 0 saturated heterocycles. The minimum atomic E-state index is 0.0651. The fourth-order valence-electron chi connectivity index (χ4n) is 2.36. The fourth-order valence-corrected chi connectivity index (χ4v) is 2.36. The van der Waals surface area contributed by atoms with E-state index in [0.717, 1.165) is 22.8 Å². The Balaban J connectivity index is 1.96. The second-order valence-electron chi connectivity index (χ2n) is 4.86. The normalized spacial score (nSPS) is 12.3. The predicted octanol–water partition coefficient (Wildman–Crippen LogP) is 2.61. The van der Waals surface area contributed by atoms with Gasteiger partial charge in [-0.1, -0.05) is 18.2 Å². The smallest absolute Gasteiger partial charge is 0.254 e. The van der Waals surface area contributed by atoms with Crippen LogP contribution in [0.3, 0.4) is 0 Å². The molecular formula is C15H17N5O. The lowest BCUT2D eigenvalue weighted by Crippen LogP contribution is -2.12. The lowest BCUT2D eigenvalue weighted by Gasteiger charge is -2.18. The molecule has 6 nitrogen and oxygen atoms in total. The number of aromatic nitrogens is 4. The molecule has 0 unspecified atom stereocenters. The van der Waals surface area contributed by atoms with Gasteiger partial charge in [-0.3, -0.25) is 0 Å². The molecule has 1 aromatic carbocycles. The summed E-state index contributed by atoms with van der Waals surface area (Å²) in [6.07, 6.45) is 1.50. The van der Waals surface area contributed by atoms with Gasteiger partial charge < -0.3 is 10.1 Å². The van der Waals surface area contributed by atoms with E-state index in [1.54, 1.807) is 11.6 Å². The predicted molar refractivity (Wildman–Crippen MR) is 80.6 cm³/mol. The number of nitrogens with zero attached hydrogens (tertiary/aromatic N) is 4. The molecule has 0 amide bonds. The van der Waals surface area contributed by atoms with E-state index in [-0.39, 0.29) is 6.04 Å². The average Bonchev–Trinajstić information content (AvgIpc) is 2.95. The summed E-state index contributed by atoms with van der Waals surface area (Å²) in [5.41, 5.74) is 1.98. The third-order valence-electron chi connectivity index (χ3n) is 3.35. The number of ether oxygens (including phenoxy) is 1. The molecule has 0 aliphatic carbocycles. The number of fused-ring (bicyclic) bond motifs is 1. The molecular weight excluding hydrogens is 266 g/mol. The van der Waals surface area contributed by atoms with E-state index in [9.17, 15) is 0 Å². The van der Waals surface area contributed by atoms with Crippen LogP contribution in [0.4, 0.5) is 5.82 Å². The number of benzene rings is 1. The molecule has 21 heavy (non-hydrogen) atoms. The standard InChI is InChI=1S/C15H17N5O/c1-10-8-14(20-15(18-10)16-9-17-20)19-11(2)12-6-4-5-7-13(12)21-3/h4-9,11,19H,1-3H3/t11-/m0/s1. The van der Waals surface area contributed by atoms with Crippen LogP contribution in [0.2, 0.25) is 0 Å². The van der Waals surface area contributed by atoms with Crippen molar-refractivity contribution in [2.75, 3.05) is 12.4 Å². The highest BCUT2D eigenvalue weighted by atomic mass is 16.5. The molecule has 1 N–H and O–H groups in total. The molecule has 3 aromatic rings. The fraction of sp³-hybridized carbons (Fsp3) is 0.267. The molecule has 0 saturated carbocycles. The Labute approximate surface area is 122 Å². The summed E-state index contributed by atoms with van der Waals surface area (Å²) in [5.74, 6) is 2.30. The zero-order valence-corrected chi connectivity index (χ0v) is 12.2. The van der Waals surface area contributed by atoms with Crippen LogP contribution in [0.1, 0.15) is 24.2 Å². The van der Waals surface area contributed by atoms with E-state index in [2.05, 4.69) is 27.3 Å². The van der Waals surface area contributed by atoms with Gasteiger partial charge in [0.2, 0.25) is 0 Å². The van der Waals surface area contributed by atoms with Crippen LogP contribution in [0, 0.1) is 6.92 Å². The quantitative estimate of drug-likeness (QED) is 0.797. The van der Waals surface area contributed by atoms with Crippen molar-refractivity contribution in [2.24, 2.45) is 0 Å². The number of aryl methyl sites for hydroxylation is 1. The van der Waals surface area contributed by atoms with Crippen LogP contribution in [0.25, 0.3) is 5.78 Å². The zero-order chi connectivity index (χ0) is 14.8. The average molecular weight is 283 g/mol. The van der Waals surface area contributed by atoms with Crippen molar-refractivity contribution in [3.63, 3.8) is 0 Å². The number of anilines is 1. The van der Waals surface area contributed by atoms with Crippen molar-refractivity contribution in [1.82, 2.24) is 19.6 Å². The molecule has 0 aliphatic heterocycles. The second-order valence-corrected chi connectivity index (χ2v) is 4.86. The molecule has 0 bridgehead atoms. The van der Waals surface area contributed by atoms with Gasteiger partial charge in [0.15, 0.2) is 0 Å². The summed E-state index contributed by atoms with van der Waals surface area (Å²) in [7, 11) is 1.68. The first-order chi connectivity index (χ1) is 10.2. The molecule has 108 valence electrons. The Hall–Kier alpha value is -2.63. The van der Waals surface area contributed by atoms with Gasteiger partial charge in [-0.2, -0.15) is 14.6 Å². The minimum Gasteiger partial charge on any atom is -0.496 e. The SMILES string of the molecule is COc1ccccc1[C@H](C)Nc1cc(C)nc2ncnn12. The van der Waals surface area contributed by atoms with Crippen LogP contribution < -0.4 is 10.1 Å².